The van der Waals surface area contributed by atoms with Crippen molar-refractivity contribution in [3.05, 3.63) is 139 Å². The normalized spacial score (nSPS) is 10.3. The molecule has 0 aliphatic heterocycles. The number of nitrogens with zero attached hydrogens (tertiary/aromatic N) is 10. The van der Waals surface area contributed by atoms with E-state index in [4.69, 9.17) is 4.98 Å². The second kappa shape index (κ2) is 13.7. The van der Waals surface area contributed by atoms with Crippen LogP contribution in [0.25, 0.3) is 44.7 Å². The van der Waals surface area contributed by atoms with Gasteiger partial charge in [0.25, 0.3) is 7.41 Å². The van der Waals surface area contributed by atoms with Gasteiger partial charge in [0.05, 0.1) is 34.5 Å². The fourth-order valence-corrected chi connectivity index (χ4v) is 6.34. The summed E-state index contributed by atoms with van der Waals surface area (Å²) in [6.45, 7) is -0.602. The summed E-state index contributed by atoms with van der Waals surface area (Å²) in [5.74, 6) is 0. The van der Waals surface area contributed by atoms with Gasteiger partial charge in [-0.15, -0.1) is 0 Å². The first-order chi connectivity index (χ1) is 24.7. The highest BCUT2D eigenvalue weighted by molar-refractivity contribution is 6.84. The monoisotopic (exact) mass is 639 g/mol. The first-order valence-corrected chi connectivity index (χ1v) is 15.4. The summed E-state index contributed by atoms with van der Waals surface area (Å²) >= 11 is 0. The number of nitriles is 4. The number of fused-ring (bicyclic) bond motifs is 1. The van der Waals surface area contributed by atoms with Crippen LogP contribution in [-0.2, 0) is 0 Å². The third kappa shape index (κ3) is 5.36. The van der Waals surface area contributed by atoms with Gasteiger partial charge in [-0.05, 0) is 0 Å². The molecule has 1 radical (unpaired) electrons. The number of rotatable bonds is 7. The lowest BCUT2D eigenvalue weighted by Crippen LogP contribution is -2.53. The summed E-state index contributed by atoms with van der Waals surface area (Å²) in [4.78, 5) is 18.1. The van der Waals surface area contributed by atoms with Crippen LogP contribution in [0.5, 0.6) is 0 Å². The molecule has 0 aliphatic carbocycles. The zero-order chi connectivity index (χ0) is 34.5. The molecular weight excluding hydrogens is 618 g/mol. The fourth-order valence-electron chi connectivity index (χ4n) is 6.34. The van der Waals surface area contributed by atoms with Gasteiger partial charge < -0.3 is 8.96 Å². The molecule has 12 heteroatoms. The molecule has 0 aliphatic rings. The van der Waals surface area contributed by atoms with Crippen molar-refractivity contribution < 1.29 is 0 Å². The van der Waals surface area contributed by atoms with Crippen molar-refractivity contribution >= 4 is 52.6 Å². The smallest absolute Gasteiger partial charge is 0.328 e. The van der Waals surface area contributed by atoms with Crippen molar-refractivity contribution in [1.29, 1.82) is 21.0 Å². The largest absolute Gasteiger partial charge is 0.381 e. The van der Waals surface area contributed by atoms with Gasteiger partial charge >= 0.3 is 6.85 Å². The van der Waals surface area contributed by atoms with Crippen molar-refractivity contribution in [2.75, 3.05) is 0 Å². The Morgan fingerprint density at radius 1 is 0.560 bits per heavy atom. The second-order valence-electron chi connectivity index (χ2n) is 11.0. The van der Waals surface area contributed by atoms with Crippen molar-refractivity contribution in [3.63, 3.8) is 0 Å². The van der Waals surface area contributed by atoms with Crippen LogP contribution >= 0.6 is 0 Å². The molecule has 10 nitrogen and oxygen atoms in total. The van der Waals surface area contributed by atoms with Crippen LogP contribution in [0.1, 0.15) is 0 Å². The summed E-state index contributed by atoms with van der Waals surface area (Å²) in [5, 5.41) is 43.6. The van der Waals surface area contributed by atoms with E-state index in [1.165, 1.54) is 12.4 Å². The Hall–Kier alpha value is -7.53. The van der Waals surface area contributed by atoms with Gasteiger partial charge in [-0.2, -0.15) is 21.0 Å². The van der Waals surface area contributed by atoms with Crippen molar-refractivity contribution in [2.45, 2.75) is 0 Å². The van der Waals surface area contributed by atoms with E-state index in [-0.39, 0.29) is 21.8 Å². The zero-order valence-electron chi connectivity index (χ0n) is 26.3. The molecule has 0 amide bonds. The highest BCUT2D eigenvalue weighted by Gasteiger charge is 2.34. The molecule has 0 unspecified atom stereocenters. The number of hydrogen-bond donors (Lipinski definition) is 0. The van der Waals surface area contributed by atoms with Crippen LogP contribution in [0.3, 0.4) is 0 Å². The minimum Gasteiger partial charge on any atom is -0.381 e. The standard InChI is InChI=1S/C38H21B2N10/c41-20-26(21-42)35-33-34(37(31-24-45-16-18-47-31)49(35)39-28-10-4-1-5-11-28)36(27(22-43)23-44)50(38(33)32-25-46-17-19-48-32)40(29-12-6-2-7-13-29)30-14-8-3-9-15-30/h1-19,24-25H. The lowest BCUT2D eigenvalue weighted by molar-refractivity contribution is 1.10. The van der Waals surface area contributed by atoms with Crippen molar-refractivity contribution in [3.8, 4) is 47.1 Å². The van der Waals surface area contributed by atoms with Gasteiger partial charge in [0.2, 0.25) is 0 Å². The Balaban J connectivity index is 1.85. The highest BCUT2D eigenvalue weighted by Crippen LogP contribution is 2.32. The highest BCUT2D eigenvalue weighted by atomic mass is 15.0. The van der Waals surface area contributed by atoms with E-state index in [1.54, 1.807) is 36.7 Å². The molecule has 0 saturated carbocycles. The summed E-state index contributed by atoms with van der Waals surface area (Å²) in [7, 11) is 1.80. The fraction of sp³-hybridized carbons (Fsp3) is 0. The summed E-state index contributed by atoms with van der Waals surface area (Å²) in [5.41, 5.74) is 3.76. The molecule has 3 aromatic carbocycles. The molecule has 7 rings (SSSR count). The predicted octanol–water partition coefficient (Wildman–Crippen LogP) is 2.20. The molecule has 229 valence electrons. The molecule has 7 aromatic rings. The number of aromatic nitrogens is 6. The topological polar surface area (TPSA) is 157 Å². The summed E-state index contributed by atoms with van der Waals surface area (Å²) in [6.07, 6.45) is 9.33. The van der Waals surface area contributed by atoms with E-state index in [1.807, 2.05) is 95.5 Å². The molecule has 50 heavy (non-hydrogen) atoms. The quantitative estimate of drug-likeness (QED) is 0.241. The van der Waals surface area contributed by atoms with Crippen LogP contribution in [0.4, 0.5) is 0 Å². The molecule has 4 aromatic heterocycles. The number of hydrogen-bond acceptors (Lipinski definition) is 8. The van der Waals surface area contributed by atoms with Gasteiger partial charge in [-0.25, -0.2) is 0 Å². The first-order valence-electron chi connectivity index (χ1n) is 15.4. The van der Waals surface area contributed by atoms with Crippen LogP contribution in [0.15, 0.2) is 128 Å². The zero-order valence-corrected chi connectivity index (χ0v) is 26.3. The maximum absolute atomic E-state index is 10.6. The van der Waals surface area contributed by atoms with E-state index < -0.39 is 6.85 Å². The van der Waals surface area contributed by atoms with E-state index in [0.717, 1.165) is 16.4 Å². The minimum atomic E-state index is -0.602. The summed E-state index contributed by atoms with van der Waals surface area (Å²) in [6, 6.07) is 37.3. The first kappa shape index (κ1) is 31.1. The Morgan fingerprint density at radius 2 is 1.02 bits per heavy atom. The lowest BCUT2D eigenvalue weighted by atomic mass is 9.50. The van der Waals surface area contributed by atoms with Gasteiger partial charge in [-0.1, -0.05) is 107 Å². The number of benzene rings is 3. The lowest BCUT2D eigenvalue weighted by Gasteiger charge is -2.21. The molecule has 0 saturated heterocycles. The molecule has 0 atom stereocenters. The molecule has 0 fully saturated rings. The Labute approximate surface area is 287 Å². The minimum absolute atomic E-state index is 0.189. The molecule has 0 spiro atoms. The van der Waals surface area contributed by atoms with Gasteiger partial charge in [0, 0.05) is 35.6 Å². The molecule has 0 N–H and O–H groups in total. The Kier molecular flexibility index (Phi) is 8.50. The van der Waals surface area contributed by atoms with E-state index in [0.29, 0.717) is 33.5 Å². The van der Waals surface area contributed by atoms with E-state index in [9.17, 15) is 21.0 Å². The summed E-state index contributed by atoms with van der Waals surface area (Å²) < 4.78 is 3.63. The Bertz CT molecular complexity index is 2580. The molecule has 0 bridgehead atoms. The maximum atomic E-state index is 10.6. The van der Waals surface area contributed by atoms with Crippen LogP contribution in [0, 0.1) is 45.3 Å². The molecular formula is C38H21B2N10. The third-order valence-corrected chi connectivity index (χ3v) is 8.26. The average Bonchev–Trinajstić information content (AvgIpc) is 3.67. The van der Waals surface area contributed by atoms with Gasteiger partial charge in [0.15, 0.2) is 11.1 Å². The predicted molar refractivity (Wildman–Crippen MR) is 191 cm³/mol. The SMILES string of the molecule is N#CC(C#N)=c1c2c(-c3cnccn3)n(B(c3ccccc3)c3ccccc3)c(=C(C#N)C#N)c2c(-c2cnccn2)n1[B]c1ccccc1. The van der Waals surface area contributed by atoms with Crippen LogP contribution < -0.4 is 27.1 Å². The molecule has 4 heterocycles. The van der Waals surface area contributed by atoms with Gasteiger partial charge in [0.1, 0.15) is 35.7 Å². The van der Waals surface area contributed by atoms with Crippen LogP contribution in [0.2, 0.25) is 0 Å². The second-order valence-corrected chi connectivity index (χ2v) is 11.0. The van der Waals surface area contributed by atoms with E-state index >= 15 is 0 Å². The van der Waals surface area contributed by atoms with Crippen LogP contribution in [-0.4, -0.2) is 43.2 Å². The average molecular weight is 639 g/mol. The maximum Gasteiger partial charge on any atom is 0.328 e. The van der Waals surface area contributed by atoms with Crippen molar-refractivity contribution in [1.82, 2.24) is 28.9 Å². The van der Waals surface area contributed by atoms with E-state index in [2.05, 4.69) is 39.2 Å². The van der Waals surface area contributed by atoms with Crippen molar-refractivity contribution in [2.24, 2.45) is 0 Å². The Morgan fingerprint density at radius 3 is 1.50 bits per heavy atom. The third-order valence-electron chi connectivity index (χ3n) is 8.26. The van der Waals surface area contributed by atoms with Gasteiger partial charge in [-0.3, -0.25) is 19.9 Å².